The number of carbonyl (C=O) groups is 2. The first-order valence-electron chi connectivity index (χ1n) is 11.9. The Morgan fingerprint density at radius 3 is 2.61 bits per heavy atom. The molecule has 7 nitrogen and oxygen atoms in total. The first-order chi connectivity index (χ1) is 18.2. The fourth-order valence-corrected chi connectivity index (χ4v) is 6.37. The summed E-state index contributed by atoms with van der Waals surface area (Å²) in [4.78, 5) is 38.0. The SMILES string of the molecule is CC(=O)OCOc1c2n(ccc1=O)N(C1c3ccc(F)c(F)c3CSc3c(F)cccc31)CC1(CC1)C2=O. The van der Waals surface area contributed by atoms with Crippen molar-refractivity contribution in [2.75, 3.05) is 18.3 Å². The summed E-state index contributed by atoms with van der Waals surface area (Å²) in [6.45, 7) is 0.820. The molecule has 0 radical (unpaired) electrons. The van der Waals surface area contributed by atoms with E-state index >= 15 is 8.78 Å². The van der Waals surface area contributed by atoms with Gasteiger partial charge in [0, 0.05) is 41.9 Å². The van der Waals surface area contributed by atoms with Gasteiger partial charge in [0.15, 0.2) is 28.9 Å². The van der Waals surface area contributed by atoms with E-state index in [1.807, 2.05) is 0 Å². The average Bonchev–Trinajstić information content (AvgIpc) is 3.68. The van der Waals surface area contributed by atoms with Crippen molar-refractivity contribution in [3.8, 4) is 5.75 Å². The zero-order chi connectivity index (χ0) is 26.8. The van der Waals surface area contributed by atoms with E-state index in [1.165, 1.54) is 36.0 Å². The Bertz CT molecular complexity index is 1570. The quantitative estimate of drug-likeness (QED) is 0.356. The van der Waals surface area contributed by atoms with Crippen molar-refractivity contribution in [3.05, 3.63) is 92.7 Å². The number of aromatic nitrogens is 1. The predicted octanol–water partition coefficient (Wildman–Crippen LogP) is 4.47. The third-order valence-corrected chi connectivity index (χ3v) is 8.42. The number of thioether (sulfide) groups is 1. The number of ether oxygens (including phenoxy) is 2. The minimum Gasteiger partial charge on any atom is -0.451 e. The number of carbonyl (C=O) groups excluding carboxylic acids is 2. The number of fused-ring (bicyclic) bond motifs is 3. The minimum atomic E-state index is -1.01. The van der Waals surface area contributed by atoms with Crippen molar-refractivity contribution in [2.24, 2.45) is 5.41 Å². The summed E-state index contributed by atoms with van der Waals surface area (Å²) < 4.78 is 56.3. The molecular formula is C27H21F3N2O5S. The number of rotatable bonds is 4. The zero-order valence-corrected chi connectivity index (χ0v) is 20.9. The number of nitrogens with zero attached hydrogens (tertiary/aromatic N) is 2. The van der Waals surface area contributed by atoms with Crippen molar-refractivity contribution < 1.29 is 32.2 Å². The number of benzene rings is 2. The molecule has 3 aliphatic rings. The van der Waals surface area contributed by atoms with E-state index in [-0.39, 0.29) is 35.1 Å². The lowest BCUT2D eigenvalue weighted by Gasteiger charge is -2.43. The number of pyridine rings is 1. The van der Waals surface area contributed by atoms with Crippen LogP contribution in [-0.4, -0.2) is 29.8 Å². The first kappa shape index (κ1) is 24.6. The molecule has 1 aliphatic carbocycles. The molecule has 1 saturated carbocycles. The van der Waals surface area contributed by atoms with Gasteiger partial charge in [0.1, 0.15) is 5.82 Å². The van der Waals surface area contributed by atoms with Crippen molar-refractivity contribution >= 4 is 23.5 Å². The number of esters is 1. The largest absolute Gasteiger partial charge is 0.451 e. The number of hydrogen-bond donors (Lipinski definition) is 0. The van der Waals surface area contributed by atoms with Gasteiger partial charge in [0.05, 0.1) is 11.5 Å². The Kier molecular flexibility index (Phi) is 5.78. The molecule has 1 fully saturated rings. The summed E-state index contributed by atoms with van der Waals surface area (Å²) in [5, 5.41) is 1.78. The van der Waals surface area contributed by atoms with Gasteiger partial charge < -0.3 is 9.47 Å². The summed E-state index contributed by atoms with van der Waals surface area (Å²) in [6, 6.07) is 7.50. The maximum atomic E-state index is 15.1. The van der Waals surface area contributed by atoms with Gasteiger partial charge in [-0.1, -0.05) is 18.2 Å². The van der Waals surface area contributed by atoms with E-state index in [9.17, 15) is 18.8 Å². The lowest BCUT2D eigenvalue weighted by atomic mass is 9.89. The maximum Gasteiger partial charge on any atom is 0.305 e. The van der Waals surface area contributed by atoms with Crippen LogP contribution in [0.25, 0.3) is 0 Å². The zero-order valence-electron chi connectivity index (χ0n) is 20.1. The standard InChI is InChI=1S/C27H21F3N2O5S/c1-14(33)36-13-37-24-20(34)7-10-31-23(24)26(35)27(8-9-27)12-32(31)22-15-5-6-18(28)21(30)17(15)11-38-25-16(22)3-2-4-19(25)29/h2-7,10,22H,8-9,11-13H2,1H3. The number of ketones is 1. The highest BCUT2D eigenvalue weighted by Crippen LogP contribution is 2.54. The molecule has 38 heavy (non-hydrogen) atoms. The second kappa shape index (κ2) is 8.93. The molecule has 2 aliphatic heterocycles. The van der Waals surface area contributed by atoms with Crippen LogP contribution in [0.5, 0.6) is 5.75 Å². The van der Waals surface area contributed by atoms with Crippen LogP contribution in [0.4, 0.5) is 13.2 Å². The molecule has 0 N–H and O–H groups in total. The molecule has 1 spiro atoms. The second-order valence-electron chi connectivity index (χ2n) is 9.59. The van der Waals surface area contributed by atoms with Crippen LogP contribution in [-0.2, 0) is 15.3 Å². The summed E-state index contributed by atoms with van der Waals surface area (Å²) in [7, 11) is 0. The summed E-state index contributed by atoms with van der Waals surface area (Å²) in [6.07, 6.45) is 2.52. The average molecular weight is 543 g/mol. The van der Waals surface area contributed by atoms with E-state index in [1.54, 1.807) is 17.1 Å². The molecule has 196 valence electrons. The van der Waals surface area contributed by atoms with Crippen molar-refractivity contribution in [1.29, 1.82) is 0 Å². The Morgan fingerprint density at radius 1 is 1.08 bits per heavy atom. The lowest BCUT2D eigenvalue weighted by molar-refractivity contribution is -0.147. The molecule has 2 aromatic carbocycles. The van der Waals surface area contributed by atoms with Gasteiger partial charge in [-0.3, -0.25) is 24.1 Å². The van der Waals surface area contributed by atoms with E-state index in [4.69, 9.17) is 9.47 Å². The van der Waals surface area contributed by atoms with Crippen LogP contribution in [0.15, 0.2) is 52.3 Å². The molecule has 0 saturated heterocycles. The van der Waals surface area contributed by atoms with Crippen molar-refractivity contribution in [2.45, 2.75) is 36.5 Å². The Hall–Kier alpha value is -3.73. The molecule has 3 heterocycles. The third-order valence-electron chi connectivity index (χ3n) is 7.27. The number of Topliss-reactive ketones (excluding diaryl/α,β-unsaturated/α-hetero) is 1. The molecule has 1 aromatic heterocycles. The van der Waals surface area contributed by atoms with Crippen LogP contribution < -0.4 is 15.2 Å². The van der Waals surface area contributed by atoms with Gasteiger partial charge in [-0.15, -0.1) is 11.8 Å². The molecule has 6 rings (SSSR count). The molecule has 1 unspecified atom stereocenters. The van der Waals surface area contributed by atoms with Gasteiger partial charge in [-0.05, 0) is 36.1 Å². The normalized spacial score (nSPS) is 18.8. The fraction of sp³-hybridized carbons (Fsp3) is 0.296. The Balaban J connectivity index is 1.58. The van der Waals surface area contributed by atoms with Crippen LogP contribution in [0.2, 0.25) is 0 Å². The predicted molar refractivity (Wildman–Crippen MR) is 131 cm³/mol. The van der Waals surface area contributed by atoms with Crippen molar-refractivity contribution in [1.82, 2.24) is 4.68 Å². The molecule has 0 bridgehead atoms. The van der Waals surface area contributed by atoms with Crippen LogP contribution in [0.3, 0.4) is 0 Å². The molecular weight excluding hydrogens is 521 g/mol. The van der Waals surface area contributed by atoms with E-state index < -0.39 is 47.1 Å². The van der Waals surface area contributed by atoms with Gasteiger partial charge in [0.25, 0.3) is 0 Å². The molecule has 3 aromatic rings. The number of halogens is 3. The molecule has 11 heteroatoms. The second-order valence-corrected chi connectivity index (χ2v) is 10.6. The van der Waals surface area contributed by atoms with E-state index in [0.29, 0.717) is 28.9 Å². The topological polar surface area (TPSA) is 77.8 Å². The van der Waals surface area contributed by atoms with Crippen LogP contribution in [0, 0.1) is 22.9 Å². The lowest BCUT2D eigenvalue weighted by Crippen LogP contribution is -2.52. The van der Waals surface area contributed by atoms with Crippen molar-refractivity contribution in [3.63, 3.8) is 0 Å². The minimum absolute atomic E-state index is 0.00897. The smallest absolute Gasteiger partial charge is 0.305 e. The molecule has 0 amide bonds. The van der Waals surface area contributed by atoms with Crippen LogP contribution in [0.1, 0.15) is 53.0 Å². The van der Waals surface area contributed by atoms with E-state index in [0.717, 1.165) is 17.8 Å². The Labute approximate surface area is 219 Å². The fourth-order valence-electron chi connectivity index (χ4n) is 5.24. The highest BCUT2D eigenvalue weighted by Gasteiger charge is 2.57. The highest BCUT2D eigenvalue weighted by atomic mass is 32.2. The third kappa shape index (κ3) is 3.79. The summed E-state index contributed by atoms with van der Waals surface area (Å²) >= 11 is 1.08. The first-order valence-corrected chi connectivity index (χ1v) is 12.9. The maximum absolute atomic E-state index is 15.1. The molecule has 1 atom stereocenters. The van der Waals surface area contributed by atoms with Gasteiger partial charge in [0.2, 0.25) is 12.2 Å². The Morgan fingerprint density at radius 2 is 1.87 bits per heavy atom. The van der Waals surface area contributed by atoms with Crippen LogP contribution >= 0.6 is 11.8 Å². The van der Waals surface area contributed by atoms with Gasteiger partial charge in [-0.2, -0.15) is 0 Å². The van der Waals surface area contributed by atoms with Gasteiger partial charge in [-0.25, -0.2) is 13.2 Å². The van der Waals surface area contributed by atoms with Gasteiger partial charge >= 0.3 is 5.97 Å². The highest BCUT2D eigenvalue weighted by molar-refractivity contribution is 7.98. The summed E-state index contributed by atoms with van der Waals surface area (Å²) in [5.74, 6) is -3.69. The summed E-state index contributed by atoms with van der Waals surface area (Å²) in [5.41, 5.74) is -0.377. The number of hydrogen-bond acceptors (Lipinski definition) is 7. The monoisotopic (exact) mass is 542 g/mol. The van der Waals surface area contributed by atoms with E-state index in [2.05, 4.69) is 0 Å².